The van der Waals surface area contributed by atoms with E-state index in [1.54, 1.807) is 12.1 Å². The average molecular weight is 256 g/mol. The van der Waals surface area contributed by atoms with Crippen LogP contribution in [-0.4, -0.2) is 22.0 Å². The zero-order valence-corrected chi connectivity index (χ0v) is 10.3. The lowest BCUT2D eigenvalue weighted by Gasteiger charge is -2.05. The second kappa shape index (κ2) is 5.30. The number of aromatic carboxylic acids is 1. The van der Waals surface area contributed by atoms with Gasteiger partial charge in [-0.3, -0.25) is 9.78 Å². The molecule has 19 heavy (non-hydrogen) atoms. The lowest BCUT2D eigenvalue weighted by Crippen LogP contribution is -2.13. The monoisotopic (exact) mass is 256 g/mol. The molecule has 0 saturated heterocycles. The predicted octanol–water partition coefficient (Wildman–Crippen LogP) is 2.34. The first-order chi connectivity index (χ1) is 9.06. The molecule has 5 nitrogen and oxygen atoms in total. The van der Waals surface area contributed by atoms with Crippen molar-refractivity contribution in [2.75, 3.05) is 5.32 Å². The Hall–Kier alpha value is -2.69. The first-order valence-electron chi connectivity index (χ1n) is 5.62. The van der Waals surface area contributed by atoms with Gasteiger partial charge in [-0.1, -0.05) is 17.7 Å². The summed E-state index contributed by atoms with van der Waals surface area (Å²) in [4.78, 5) is 26.5. The second-order valence-electron chi connectivity index (χ2n) is 4.09. The van der Waals surface area contributed by atoms with Crippen LogP contribution in [-0.2, 0) is 0 Å². The molecule has 0 spiro atoms. The molecule has 0 fully saturated rings. The molecule has 2 N–H and O–H groups in total. The molecule has 1 heterocycles. The summed E-state index contributed by atoms with van der Waals surface area (Å²) in [7, 11) is 0. The quantitative estimate of drug-likeness (QED) is 0.883. The Morgan fingerprint density at radius 2 is 1.74 bits per heavy atom. The van der Waals surface area contributed by atoms with Gasteiger partial charge in [-0.15, -0.1) is 0 Å². The second-order valence-corrected chi connectivity index (χ2v) is 4.09. The van der Waals surface area contributed by atoms with E-state index >= 15 is 0 Å². The predicted molar refractivity (Wildman–Crippen MR) is 70.3 cm³/mol. The van der Waals surface area contributed by atoms with E-state index in [9.17, 15) is 9.59 Å². The van der Waals surface area contributed by atoms with E-state index in [1.807, 2.05) is 19.1 Å². The number of hydrogen-bond acceptors (Lipinski definition) is 3. The number of amides is 1. The number of rotatable bonds is 3. The first-order valence-corrected chi connectivity index (χ1v) is 5.62. The number of nitrogens with one attached hydrogen (secondary N) is 1. The van der Waals surface area contributed by atoms with Gasteiger partial charge in [0, 0.05) is 18.1 Å². The van der Waals surface area contributed by atoms with Gasteiger partial charge in [-0.05, 0) is 25.1 Å². The smallest absolute Gasteiger partial charge is 0.337 e. The number of carbonyl (C=O) groups is 2. The van der Waals surface area contributed by atoms with E-state index in [0.29, 0.717) is 5.69 Å². The lowest BCUT2D eigenvalue weighted by atomic mass is 10.2. The fourth-order valence-electron chi connectivity index (χ4n) is 1.52. The highest BCUT2D eigenvalue weighted by Crippen LogP contribution is 2.11. The van der Waals surface area contributed by atoms with Crippen molar-refractivity contribution in [3.8, 4) is 0 Å². The Kier molecular flexibility index (Phi) is 3.56. The molecular weight excluding hydrogens is 244 g/mol. The van der Waals surface area contributed by atoms with Crippen LogP contribution < -0.4 is 5.32 Å². The molecule has 0 atom stereocenters. The van der Waals surface area contributed by atoms with Crippen LogP contribution in [0, 0.1) is 6.92 Å². The van der Waals surface area contributed by atoms with Crippen molar-refractivity contribution in [1.82, 2.24) is 4.98 Å². The van der Waals surface area contributed by atoms with Crippen molar-refractivity contribution in [1.29, 1.82) is 0 Å². The largest absolute Gasteiger partial charge is 0.478 e. The molecule has 0 bridgehead atoms. The van der Waals surface area contributed by atoms with Crippen molar-refractivity contribution < 1.29 is 14.7 Å². The number of benzene rings is 1. The number of aryl methyl sites for hydroxylation is 1. The fraction of sp³-hybridized carbons (Fsp3) is 0.0714. The van der Waals surface area contributed by atoms with Crippen LogP contribution in [0.2, 0.25) is 0 Å². The minimum Gasteiger partial charge on any atom is -0.478 e. The standard InChI is InChI=1S/C14H12N2O3/c1-9-2-4-12(5-3-9)16-13(17)10-6-11(14(18)19)8-15-7-10/h2-8H,1H3,(H,16,17)(H,18,19). The number of hydrogen-bond donors (Lipinski definition) is 2. The highest BCUT2D eigenvalue weighted by atomic mass is 16.4. The van der Waals surface area contributed by atoms with Crippen LogP contribution in [0.5, 0.6) is 0 Å². The molecule has 1 amide bonds. The van der Waals surface area contributed by atoms with Crippen LogP contribution in [0.4, 0.5) is 5.69 Å². The molecule has 2 aromatic rings. The van der Waals surface area contributed by atoms with Gasteiger partial charge < -0.3 is 10.4 Å². The van der Waals surface area contributed by atoms with Gasteiger partial charge in [0.25, 0.3) is 5.91 Å². The first kappa shape index (κ1) is 12.8. The van der Waals surface area contributed by atoms with E-state index in [-0.39, 0.29) is 17.0 Å². The van der Waals surface area contributed by atoms with Gasteiger partial charge in [0.05, 0.1) is 11.1 Å². The maximum Gasteiger partial charge on any atom is 0.337 e. The Balaban J connectivity index is 2.18. The van der Waals surface area contributed by atoms with E-state index in [4.69, 9.17) is 5.11 Å². The molecule has 0 aliphatic carbocycles. The van der Waals surface area contributed by atoms with Gasteiger partial charge in [-0.2, -0.15) is 0 Å². The van der Waals surface area contributed by atoms with Crippen molar-refractivity contribution in [2.45, 2.75) is 6.92 Å². The molecule has 0 radical (unpaired) electrons. The number of carboxylic acid groups (broad SMARTS) is 1. The zero-order chi connectivity index (χ0) is 13.8. The number of aromatic nitrogens is 1. The summed E-state index contributed by atoms with van der Waals surface area (Å²) >= 11 is 0. The van der Waals surface area contributed by atoms with E-state index in [0.717, 1.165) is 5.56 Å². The molecule has 0 aliphatic rings. The number of carboxylic acids is 1. The molecule has 1 aromatic heterocycles. The molecular formula is C14H12N2O3. The van der Waals surface area contributed by atoms with Crippen LogP contribution in [0.15, 0.2) is 42.7 Å². The van der Waals surface area contributed by atoms with Gasteiger partial charge in [0.1, 0.15) is 0 Å². The Labute approximate surface area is 109 Å². The van der Waals surface area contributed by atoms with Crippen molar-refractivity contribution >= 4 is 17.6 Å². The minimum absolute atomic E-state index is 0.0171. The average Bonchev–Trinajstić information content (AvgIpc) is 2.41. The molecule has 0 aliphatic heterocycles. The topological polar surface area (TPSA) is 79.3 Å². The van der Waals surface area contributed by atoms with Crippen LogP contribution in [0.25, 0.3) is 0 Å². The summed E-state index contributed by atoms with van der Waals surface area (Å²) in [5.74, 6) is -1.50. The lowest BCUT2D eigenvalue weighted by molar-refractivity contribution is 0.0696. The zero-order valence-electron chi connectivity index (χ0n) is 10.3. The molecule has 5 heteroatoms. The summed E-state index contributed by atoms with van der Waals surface area (Å²) < 4.78 is 0. The van der Waals surface area contributed by atoms with Gasteiger partial charge in [-0.25, -0.2) is 4.79 Å². The highest BCUT2D eigenvalue weighted by Gasteiger charge is 2.10. The van der Waals surface area contributed by atoms with Crippen molar-refractivity contribution in [2.24, 2.45) is 0 Å². The summed E-state index contributed by atoms with van der Waals surface area (Å²) in [6.45, 7) is 1.95. The van der Waals surface area contributed by atoms with Crippen molar-refractivity contribution in [3.63, 3.8) is 0 Å². The minimum atomic E-state index is -1.11. The fourth-order valence-corrected chi connectivity index (χ4v) is 1.52. The molecule has 96 valence electrons. The highest BCUT2D eigenvalue weighted by molar-refractivity contribution is 6.05. The maximum absolute atomic E-state index is 11.9. The maximum atomic E-state index is 11.9. The molecule has 1 aromatic carbocycles. The molecule has 2 rings (SSSR count). The number of nitrogens with zero attached hydrogens (tertiary/aromatic N) is 1. The summed E-state index contributed by atoms with van der Waals surface area (Å²) in [5.41, 5.74) is 1.93. The summed E-state index contributed by atoms with van der Waals surface area (Å²) in [6, 6.07) is 8.60. The van der Waals surface area contributed by atoms with Gasteiger partial charge in [0.15, 0.2) is 0 Å². The third-order valence-corrected chi connectivity index (χ3v) is 2.56. The van der Waals surface area contributed by atoms with Crippen molar-refractivity contribution in [3.05, 3.63) is 59.4 Å². The third kappa shape index (κ3) is 3.16. The van der Waals surface area contributed by atoms with Crippen LogP contribution in [0.1, 0.15) is 26.3 Å². The van der Waals surface area contributed by atoms with Crippen LogP contribution >= 0.6 is 0 Å². The molecule has 0 unspecified atom stereocenters. The number of carbonyl (C=O) groups excluding carboxylic acids is 1. The number of pyridine rings is 1. The Morgan fingerprint density at radius 1 is 1.11 bits per heavy atom. The van der Waals surface area contributed by atoms with Gasteiger partial charge in [0.2, 0.25) is 0 Å². The number of anilines is 1. The Morgan fingerprint density at radius 3 is 2.37 bits per heavy atom. The summed E-state index contributed by atoms with van der Waals surface area (Å²) in [6.07, 6.45) is 2.53. The summed E-state index contributed by atoms with van der Waals surface area (Å²) in [5, 5.41) is 11.5. The third-order valence-electron chi connectivity index (χ3n) is 2.56. The van der Waals surface area contributed by atoms with E-state index in [1.165, 1.54) is 18.5 Å². The Bertz CT molecular complexity index is 621. The SMILES string of the molecule is Cc1ccc(NC(=O)c2cncc(C(=O)O)c2)cc1. The molecule has 0 saturated carbocycles. The van der Waals surface area contributed by atoms with Gasteiger partial charge >= 0.3 is 5.97 Å². The van der Waals surface area contributed by atoms with Crippen LogP contribution in [0.3, 0.4) is 0 Å². The van der Waals surface area contributed by atoms with E-state index in [2.05, 4.69) is 10.3 Å². The normalized spacial score (nSPS) is 9.95. The van der Waals surface area contributed by atoms with E-state index < -0.39 is 5.97 Å².